The molecule has 0 amide bonds. The molecule has 112 valence electrons. The summed E-state index contributed by atoms with van der Waals surface area (Å²) < 4.78 is 1.90. The molecular formula is C17H23N3O. The number of aliphatic hydroxyl groups excluding tert-OH is 1. The largest absolute Gasteiger partial charge is 0.390 e. The molecule has 21 heavy (non-hydrogen) atoms. The van der Waals surface area contributed by atoms with Crippen molar-refractivity contribution in [3.05, 3.63) is 41.2 Å². The number of hydrogen-bond acceptors (Lipinski definition) is 3. The van der Waals surface area contributed by atoms with E-state index in [9.17, 15) is 5.11 Å². The highest BCUT2D eigenvalue weighted by molar-refractivity contribution is 5.39. The molecule has 1 saturated carbocycles. The fourth-order valence-corrected chi connectivity index (χ4v) is 2.82. The van der Waals surface area contributed by atoms with E-state index < -0.39 is 0 Å². The van der Waals surface area contributed by atoms with Crippen LogP contribution in [0.15, 0.2) is 24.3 Å². The third-order valence-corrected chi connectivity index (χ3v) is 4.40. The normalized spacial score (nSPS) is 16.0. The molecule has 0 spiro atoms. The number of hydrogen-bond donors (Lipinski definition) is 1. The van der Waals surface area contributed by atoms with Crippen molar-refractivity contribution in [2.45, 2.75) is 58.0 Å². The quantitative estimate of drug-likeness (QED) is 0.941. The van der Waals surface area contributed by atoms with Crippen molar-refractivity contribution < 1.29 is 5.11 Å². The monoisotopic (exact) mass is 285 g/mol. The molecule has 1 aromatic heterocycles. The van der Waals surface area contributed by atoms with E-state index in [4.69, 9.17) is 0 Å². The summed E-state index contributed by atoms with van der Waals surface area (Å²) >= 11 is 0. The van der Waals surface area contributed by atoms with Crippen LogP contribution in [0.2, 0.25) is 0 Å². The molecule has 0 bridgehead atoms. The van der Waals surface area contributed by atoms with Gasteiger partial charge in [-0.05, 0) is 36.0 Å². The molecule has 4 heteroatoms. The van der Waals surface area contributed by atoms with Gasteiger partial charge in [0, 0.05) is 5.92 Å². The molecule has 3 rings (SSSR count). The smallest absolute Gasteiger partial charge is 0.112 e. The van der Waals surface area contributed by atoms with Crippen LogP contribution in [0.1, 0.15) is 62.9 Å². The van der Waals surface area contributed by atoms with Crippen LogP contribution in [0.5, 0.6) is 0 Å². The predicted molar refractivity (Wildman–Crippen MR) is 82.6 cm³/mol. The Balaban J connectivity index is 1.98. The first-order valence-electron chi connectivity index (χ1n) is 7.67. The number of rotatable bonds is 3. The van der Waals surface area contributed by atoms with E-state index in [2.05, 4.69) is 55.3 Å². The van der Waals surface area contributed by atoms with E-state index in [1.54, 1.807) is 0 Å². The minimum atomic E-state index is -0.0358. The second kappa shape index (κ2) is 5.26. The Morgan fingerprint density at radius 2 is 1.86 bits per heavy atom. The SMILES string of the molecule is CC(C)(C)c1ccc(-n2nnc(CO)c2C2CCC2)cc1. The second-order valence-corrected chi connectivity index (χ2v) is 6.92. The number of benzene rings is 1. The molecule has 0 radical (unpaired) electrons. The van der Waals surface area contributed by atoms with Gasteiger partial charge in [-0.1, -0.05) is 44.5 Å². The maximum absolute atomic E-state index is 9.48. The minimum absolute atomic E-state index is 0.0358. The molecule has 1 heterocycles. The van der Waals surface area contributed by atoms with Gasteiger partial charge in [-0.25, -0.2) is 4.68 Å². The van der Waals surface area contributed by atoms with Crippen molar-refractivity contribution >= 4 is 0 Å². The number of nitrogens with zero attached hydrogens (tertiary/aromatic N) is 3. The third-order valence-electron chi connectivity index (χ3n) is 4.40. The van der Waals surface area contributed by atoms with Crippen molar-refractivity contribution in [3.8, 4) is 5.69 Å². The highest BCUT2D eigenvalue weighted by Gasteiger charge is 2.28. The average Bonchev–Trinajstić information content (AvgIpc) is 2.79. The summed E-state index contributed by atoms with van der Waals surface area (Å²) in [6.07, 6.45) is 3.59. The van der Waals surface area contributed by atoms with Gasteiger partial charge in [-0.3, -0.25) is 0 Å². The molecule has 2 aromatic rings. The Morgan fingerprint density at radius 1 is 1.19 bits per heavy atom. The van der Waals surface area contributed by atoms with Gasteiger partial charge in [0.25, 0.3) is 0 Å². The topological polar surface area (TPSA) is 50.9 Å². The van der Waals surface area contributed by atoms with Crippen LogP contribution in [0, 0.1) is 0 Å². The van der Waals surface area contributed by atoms with Crippen LogP contribution >= 0.6 is 0 Å². The van der Waals surface area contributed by atoms with Crippen molar-refractivity contribution in [2.75, 3.05) is 0 Å². The Kier molecular flexibility index (Phi) is 3.57. The summed E-state index contributed by atoms with van der Waals surface area (Å²) in [5, 5.41) is 17.9. The van der Waals surface area contributed by atoms with E-state index in [0.717, 1.165) is 17.1 Å². The van der Waals surface area contributed by atoms with Gasteiger partial charge >= 0.3 is 0 Å². The maximum Gasteiger partial charge on any atom is 0.112 e. The maximum atomic E-state index is 9.48. The lowest BCUT2D eigenvalue weighted by molar-refractivity contribution is 0.272. The highest BCUT2D eigenvalue weighted by atomic mass is 16.3. The van der Waals surface area contributed by atoms with Gasteiger partial charge in [0.05, 0.1) is 18.0 Å². The van der Waals surface area contributed by atoms with Crippen molar-refractivity contribution in [1.29, 1.82) is 0 Å². The van der Waals surface area contributed by atoms with Crippen LogP contribution in [-0.2, 0) is 12.0 Å². The molecule has 1 N–H and O–H groups in total. The van der Waals surface area contributed by atoms with Crippen LogP contribution in [0.4, 0.5) is 0 Å². The first-order valence-corrected chi connectivity index (χ1v) is 7.67. The molecule has 0 saturated heterocycles. The zero-order valence-electron chi connectivity index (χ0n) is 13.0. The van der Waals surface area contributed by atoms with E-state index >= 15 is 0 Å². The fraction of sp³-hybridized carbons (Fsp3) is 0.529. The van der Waals surface area contributed by atoms with E-state index in [1.807, 2.05) is 4.68 Å². The first-order chi connectivity index (χ1) is 10.0. The van der Waals surface area contributed by atoms with Crippen LogP contribution in [0.3, 0.4) is 0 Å². The standard InChI is InChI=1S/C17H23N3O/c1-17(2,3)13-7-9-14(10-8-13)20-16(12-5-4-6-12)15(11-21)18-19-20/h7-10,12,21H,4-6,11H2,1-3H3. The summed E-state index contributed by atoms with van der Waals surface area (Å²) in [6, 6.07) is 8.50. The van der Waals surface area contributed by atoms with Gasteiger partial charge in [0.15, 0.2) is 0 Å². The van der Waals surface area contributed by atoms with Crippen molar-refractivity contribution in [1.82, 2.24) is 15.0 Å². The molecule has 4 nitrogen and oxygen atoms in total. The lowest BCUT2D eigenvalue weighted by Gasteiger charge is -2.26. The van der Waals surface area contributed by atoms with Crippen molar-refractivity contribution in [3.63, 3.8) is 0 Å². The van der Waals surface area contributed by atoms with Gasteiger partial charge < -0.3 is 5.11 Å². The molecule has 0 unspecified atom stereocenters. The zero-order valence-corrected chi connectivity index (χ0v) is 13.0. The average molecular weight is 285 g/mol. The zero-order chi connectivity index (χ0) is 15.0. The number of aliphatic hydroxyl groups is 1. The molecule has 0 aliphatic heterocycles. The molecule has 0 atom stereocenters. The van der Waals surface area contributed by atoms with E-state index in [-0.39, 0.29) is 12.0 Å². The summed E-state index contributed by atoms with van der Waals surface area (Å²) in [6.45, 7) is 6.59. The second-order valence-electron chi connectivity index (χ2n) is 6.92. The lowest BCUT2D eigenvalue weighted by atomic mass is 9.82. The minimum Gasteiger partial charge on any atom is -0.390 e. The summed E-state index contributed by atoms with van der Waals surface area (Å²) in [5.74, 6) is 0.490. The van der Waals surface area contributed by atoms with Crippen molar-refractivity contribution in [2.24, 2.45) is 0 Å². The molecule has 1 aliphatic rings. The van der Waals surface area contributed by atoms with Gasteiger partial charge in [0.1, 0.15) is 5.69 Å². The van der Waals surface area contributed by atoms with Crippen LogP contribution in [0.25, 0.3) is 5.69 Å². The fourth-order valence-electron chi connectivity index (χ4n) is 2.82. The van der Waals surface area contributed by atoms with E-state index in [0.29, 0.717) is 5.92 Å². The molecular weight excluding hydrogens is 262 g/mol. The van der Waals surface area contributed by atoms with Gasteiger partial charge in [-0.2, -0.15) is 0 Å². The molecule has 1 fully saturated rings. The Labute approximate surface area is 125 Å². The van der Waals surface area contributed by atoms with Crippen LogP contribution in [-0.4, -0.2) is 20.1 Å². The lowest BCUT2D eigenvalue weighted by Crippen LogP contribution is -2.16. The summed E-state index contributed by atoms with van der Waals surface area (Å²) in [7, 11) is 0. The Bertz CT molecular complexity index is 618. The third kappa shape index (κ3) is 2.60. The predicted octanol–water partition coefficient (Wildman–Crippen LogP) is 3.32. The first kappa shape index (κ1) is 14.3. The molecule has 1 aliphatic carbocycles. The Hall–Kier alpha value is -1.68. The van der Waals surface area contributed by atoms with Crippen LogP contribution < -0.4 is 0 Å². The van der Waals surface area contributed by atoms with E-state index in [1.165, 1.54) is 24.8 Å². The summed E-state index contributed by atoms with van der Waals surface area (Å²) in [5.41, 5.74) is 4.29. The molecule has 1 aromatic carbocycles. The van der Waals surface area contributed by atoms with Gasteiger partial charge in [-0.15, -0.1) is 5.10 Å². The Morgan fingerprint density at radius 3 is 2.33 bits per heavy atom. The number of aromatic nitrogens is 3. The van der Waals surface area contributed by atoms with Gasteiger partial charge in [0.2, 0.25) is 0 Å². The summed E-state index contributed by atoms with van der Waals surface area (Å²) in [4.78, 5) is 0. The highest BCUT2D eigenvalue weighted by Crippen LogP contribution is 2.38.